The number of hydrogen-bond donors (Lipinski definition) is 1. The molecule has 6 heteroatoms. The first-order chi connectivity index (χ1) is 10.5. The fourth-order valence-corrected chi connectivity index (χ4v) is 2.51. The Morgan fingerprint density at radius 1 is 1.00 bits per heavy atom. The van der Waals surface area contributed by atoms with Crippen molar-refractivity contribution in [2.75, 3.05) is 0 Å². The maximum Gasteiger partial charge on any atom is 0.271 e. The van der Waals surface area contributed by atoms with Crippen LogP contribution in [0.4, 0.5) is 0 Å². The molecule has 0 saturated heterocycles. The summed E-state index contributed by atoms with van der Waals surface area (Å²) in [7, 11) is 0. The Balaban J connectivity index is 1.94. The minimum absolute atomic E-state index is 0.146. The van der Waals surface area contributed by atoms with Crippen LogP contribution in [-0.4, -0.2) is 10.2 Å². The Kier molecular flexibility index (Phi) is 5.95. The Hall–Kier alpha value is -1.42. The van der Waals surface area contributed by atoms with E-state index in [-0.39, 0.29) is 6.42 Å². The van der Waals surface area contributed by atoms with E-state index in [1.165, 1.54) is 0 Å². The molecule has 3 nitrogen and oxygen atoms in total. The van der Waals surface area contributed by atoms with Gasteiger partial charge >= 0.3 is 0 Å². The number of alkyl halides is 2. The van der Waals surface area contributed by atoms with Crippen molar-refractivity contribution in [2.24, 2.45) is 0 Å². The average molecular weight is 359 g/mol. The first-order valence-electron chi connectivity index (χ1n) is 6.56. The van der Waals surface area contributed by atoms with Gasteiger partial charge in [0.25, 0.3) is 5.91 Å². The zero-order valence-corrected chi connectivity index (χ0v) is 13.8. The maximum atomic E-state index is 11.4. The summed E-state index contributed by atoms with van der Waals surface area (Å²) in [5, 5.41) is 0. The van der Waals surface area contributed by atoms with Crippen LogP contribution in [0.5, 0.6) is 5.75 Å². The largest absolute Gasteiger partial charge is 0.489 e. The van der Waals surface area contributed by atoms with Crippen molar-refractivity contribution in [2.45, 2.75) is 17.4 Å². The molecular weight excluding hydrogens is 345 g/mol. The zero-order chi connectivity index (χ0) is 16.0. The number of carbonyl (C=O) groups is 1. The summed E-state index contributed by atoms with van der Waals surface area (Å²) >= 11 is 17.1. The second-order valence-electron chi connectivity index (χ2n) is 4.72. The molecule has 0 unspecified atom stereocenters. The number of halogens is 3. The fraction of sp³-hybridized carbons (Fsp3) is 0.188. The van der Waals surface area contributed by atoms with Crippen molar-refractivity contribution >= 4 is 40.9 Å². The summed E-state index contributed by atoms with van der Waals surface area (Å²) in [6, 6.07) is 17.1. The molecule has 116 valence electrons. The monoisotopic (exact) mass is 357 g/mol. The third-order valence-corrected chi connectivity index (χ3v) is 3.80. The van der Waals surface area contributed by atoms with Crippen LogP contribution in [-0.2, 0) is 17.8 Å². The topological polar surface area (TPSA) is 38.3 Å². The number of amides is 1. The van der Waals surface area contributed by atoms with Crippen LogP contribution in [0.25, 0.3) is 0 Å². The Morgan fingerprint density at radius 3 is 2.23 bits per heavy atom. The predicted molar refractivity (Wildman–Crippen MR) is 89.4 cm³/mol. The molecule has 1 amide bonds. The lowest BCUT2D eigenvalue weighted by molar-refractivity contribution is -0.120. The van der Waals surface area contributed by atoms with E-state index in [2.05, 4.69) is 0 Å². The Labute approximate surface area is 144 Å². The van der Waals surface area contributed by atoms with E-state index in [1.807, 2.05) is 35.2 Å². The molecule has 0 atom stereocenters. The van der Waals surface area contributed by atoms with Crippen LogP contribution < -0.4 is 9.57 Å². The van der Waals surface area contributed by atoms with E-state index < -0.39 is 10.2 Å². The van der Waals surface area contributed by atoms with Gasteiger partial charge in [0.05, 0.1) is 0 Å². The van der Waals surface area contributed by atoms with E-state index in [4.69, 9.17) is 39.7 Å². The highest BCUT2D eigenvalue weighted by Crippen LogP contribution is 2.27. The minimum atomic E-state index is -1.60. The average Bonchev–Trinajstić information content (AvgIpc) is 2.54. The van der Waals surface area contributed by atoms with Crippen molar-refractivity contribution in [1.29, 1.82) is 0 Å². The van der Waals surface area contributed by atoms with Gasteiger partial charge in [0.2, 0.25) is 4.33 Å². The molecule has 22 heavy (non-hydrogen) atoms. The number of nitrogens with one attached hydrogen (secondary N) is 1. The SMILES string of the molecule is O=C(NCl)C(Cl)(Cl)Cc1ccc(OCc2ccccc2)cc1. The number of hydrogen-bond acceptors (Lipinski definition) is 2. The Bertz CT molecular complexity index is 615. The maximum absolute atomic E-state index is 11.4. The van der Waals surface area contributed by atoms with Crippen LogP contribution in [0, 0.1) is 0 Å². The molecule has 2 rings (SSSR count). The standard InChI is InChI=1S/C16H14Cl3NO2/c17-16(18,15(21)20-19)10-12-6-8-14(9-7-12)22-11-13-4-2-1-3-5-13/h1-9H,10-11H2,(H,20,21). The van der Waals surface area contributed by atoms with Gasteiger partial charge in [-0.25, -0.2) is 0 Å². The molecule has 0 fully saturated rings. The second kappa shape index (κ2) is 7.73. The lowest BCUT2D eigenvalue weighted by Gasteiger charge is -2.16. The summed E-state index contributed by atoms with van der Waals surface area (Å²) < 4.78 is 4.08. The zero-order valence-electron chi connectivity index (χ0n) is 11.6. The molecule has 0 aliphatic rings. The third-order valence-electron chi connectivity index (χ3n) is 3.02. The van der Waals surface area contributed by atoms with E-state index in [0.29, 0.717) is 6.61 Å². The second-order valence-corrected chi connectivity index (χ2v) is 6.40. The first kappa shape index (κ1) is 16.9. The predicted octanol–water partition coefficient (Wildman–Crippen LogP) is 4.25. The van der Waals surface area contributed by atoms with E-state index in [0.717, 1.165) is 16.9 Å². The number of carbonyl (C=O) groups excluding carboxylic acids is 1. The molecule has 0 spiro atoms. The molecule has 0 radical (unpaired) electrons. The van der Waals surface area contributed by atoms with Gasteiger partial charge in [-0.15, -0.1) is 0 Å². The van der Waals surface area contributed by atoms with Crippen molar-refractivity contribution in [3.8, 4) is 5.75 Å². The van der Waals surface area contributed by atoms with E-state index in [1.54, 1.807) is 24.3 Å². The van der Waals surface area contributed by atoms with E-state index >= 15 is 0 Å². The van der Waals surface area contributed by atoms with Crippen LogP contribution in [0.3, 0.4) is 0 Å². The van der Waals surface area contributed by atoms with Gasteiger partial charge in [-0.1, -0.05) is 65.7 Å². The van der Waals surface area contributed by atoms with Gasteiger partial charge in [0.1, 0.15) is 12.4 Å². The quantitative estimate of drug-likeness (QED) is 0.619. The molecule has 2 aromatic carbocycles. The van der Waals surface area contributed by atoms with E-state index in [9.17, 15) is 4.79 Å². The Morgan fingerprint density at radius 2 is 1.64 bits per heavy atom. The summed E-state index contributed by atoms with van der Waals surface area (Å²) in [4.78, 5) is 13.4. The van der Waals surface area contributed by atoms with Crippen LogP contribution in [0.15, 0.2) is 54.6 Å². The van der Waals surface area contributed by atoms with Crippen LogP contribution in [0.1, 0.15) is 11.1 Å². The summed E-state index contributed by atoms with van der Waals surface area (Å²) in [6.45, 7) is 0.490. The lowest BCUT2D eigenvalue weighted by Crippen LogP contribution is -2.35. The molecule has 0 aliphatic carbocycles. The third kappa shape index (κ3) is 4.80. The highest BCUT2D eigenvalue weighted by Gasteiger charge is 2.33. The van der Waals surface area contributed by atoms with Crippen LogP contribution in [0.2, 0.25) is 0 Å². The minimum Gasteiger partial charge on any atom is -0.489 e. The molecule has 0 saturated carbocycles. The van der Waals surface area contributed by atoms with Gasteiger partial charge in [0, 0.05) is 18.2 Å². The molecule has 0 bridgehead atoms. The van der Waals surface area contributed by atoms with Crippen molar-refractivity contribution < 1.29 is 9.53 Å². The smallest absolute Gasteiger partial charge is 0.271 e. The van der Waals surface area contributed by atoms with Gasteiger partial charge in [-0.2, -0.15) is 0 Å². The number of ether oxygens (including phenoxy) is 1. The first-order valence-corrected chi connectivity index (χ1v) is 7.69. The highest BCUT2D eigenvalue weighted by molar-refractivity contribution is 6.59. The number of rotatable bonds is 6. The molecule has 0 aromatic heterocycles. The highest BCUT2D eigenvalue weighted by atomic mass is 35.5. The molecule has 2 aromatic rings. The van der Waals surface area contributed by atoms with Gasteiger partial charge in [0.15, 0.2) is 0 Å². The molecule has 0 aliphatic heterocycles. The lowest BCUT2D eigenvalue weighted by atomic mass is 10.1. The molecule has 0 heterocycles. The van der Waals surface area contributed by atoms with Gasteiger partial charge < -0.3 is 4.74 Å². The normalized spacial score (nSPS) is 11.0. The van der Waals surface area contributed by atoms with Crippen molar-refractivity contribution in [1.82, 2.24) is 4.84 Å². The van der Waals surface area contributed by atoms with Crippen molar-refractivity contribution in [3.05, 3.63) is 65.7 Å². The summed E-state index contributed by atoms with van der Waals surface area (Å²) in [5.74, 6) is 0.0750. The number of benzene rings is 2. The fourth-order valence-electron chi connectivity index (χ4n) is 1.85. The summed E-state index contributed by atoms with van der Waals surface area (Å²) in [6.07, 6.45) is 0.146. The van der Waals surface area contributed by atoms with Crippen LogP contribution >= 0.6 is 35.0 Å². The summed E-state index contributed by atoms with van der Waals surface area (Å²) in [5.41, 5.74) is 1.89. The van der Waals surface area contributed by atoms with Crippen molar-refractivity contribution in [3.63, 3.8) is 0 Å². The molecule has 1 N–H and O–H groups in total. The molecular formula is C16H14Cl3NO2. The van der Waals surface area contributed by atoms with Gasteiger partial charge in [-0.3, -0.25) is 9.63 Å². The van der Waals surface area contributed by atoms with Gasteiger partial charge in [-0.05, 0) is 23.3 Å².